The third-order valence-electron chi connectivity index (χ3n) is 5.13. The summed E-state index contributed by atoms with van der Waals surface area (Å²) in [6.45, 7) is 4.68. The highest BCUT2D eigenvalue weighted by Crippen LogP contribution is 2.32. The first kappa shape index (κ1) is 22.5. The van der Waals surface area contributed by atoms with Gasteiger partial charge in [0.05, 0.1) is 21.7 Å². The van der Waals surface area contributed by atoms with E-state index in [1.54, 1.807) is 27.0 Å². The average Bonchev–Trinajstić information content (AvgIpc) is 3.18. The molecule has 1 unspecified atom stereocenters. The maximum atomic E-state index is 13.2. The van der Waals surface area contributed by atoms with E-state index >= 15 is 0 Å². The molecule has 0 saturated heterocycles. The summed E-state index contributed by atoms with van der Waals surface area (Å²) in [5.74, 6) is 0.300. The van der Waals surface area contributed by atoms with Crippen LogP contribution in [0.25, 0.3) is 10.2 Å². The van der Waals surface area contributed by atoms with Gasteiger partial charge in [-0.25, -0.2) is 13.4 Å². The fourth-order valence-electron chi connectivity index (χ4n) is 3.40. The SMILES string of the molecule is CC(C)C(NS(=O)(=O)c1ccc2c(c1)OCCO2)C(=O)N(C)Cc1nc2ccccc2s1. The molecule has 1 amide bonds. The third-order valence-corrected chi connectivity index (χ3v) is 7.59. The minimum atomic E-state index is -3.96. The Bertz CT molecular complexity index is 1210. The van der Waals surface area contributed by atoms with Crippen LogP contribution in [0.3, 0.4) is 0 Å². The number of nitrogens with one attached hydrogen (secondary N) is 1. The van der Waals surface area contributed by atoms with E-state index in [0.29, 0.717) is 31.3 Å². The Morgan fingerprint density at radius 2 is 1.88 bits per heavy atom. The number of fused-ring (bicyclic) bond motifs is 2. The van der Waals surface area contributed by atoms with Crippen molar-refractivity contribution in [2.45, 2.75) is 31.3 Å². The van der Waals surface area contributed by atoms with Gasteiger partial charge in [0.15, 0.2) is 11.5 Å². The number of rotatable bonds is 7. The second-order valence-corrected chi connectivity index (χ2v) is 10.7. The number of hydrogen-bond acceptors (Lipinski definition) is 7. The van der Waals surface area contributed by atoms with Gasteiger partial charge in [-0.3, -0.25) is 4.79 Å². The average molecular weight is 476 g/mol. The van der Waals surface area contributed by atoms with Crippen LogP contribution in [0.15, 0.2) is 47.4 Å². The monoisotopic (exact) mass is 475 g/mol. The lowest BCUT2D eigenvalue weighted by Gasteiger charge is -2.26. The van der Waals surface area contributed by atoms with Crippen molar-refractivity contribution in [3.8, 4) is 11.5 Å². The molecule has 170 valence electrons. The molecule has 2 aromatic carbocycles. The van der Waals surface area contributed by atoms with Gasteiger partial charge in [0, 0.05) is 13.1 Å². The highest BCUT2D eigenvalue weighted by atomic mass is 32.2. The normalized spacial score (nSPS) is 14.5. The molecule has 0 radical (unpaired) electrons. The Morgan fingerprint density at radius 3 is 2.59 bits per heavy atom. The molecule has 8 nitrogen and oxygen atoms in total. The van der Waals surface area contributed by atoms with Crippen molar-refractivity contribution in [3.63, 3.8) is 0 Å². The van der Waals surface area contributed by atoms with Crippen molar-refractivity contribution in [3.05, 3.63) is 47.5 Å². The van der Waals surface area contributed by atoms with Crippen LogP contribution in [0.5, 0.6) is 11.5 Å². The van der Waals surface area contributed by atoms with E-state index in [1.807, 2.05) is 24.3 Å². The lowest BCUT2D eigenvalue weighted by Crippen LogP contribution is -2.49. The molecule has 3 aromatic rings. The van der Waals surface area contributed by atoms with Crippen LogP contribution in [0, 0.1) is 5.92 Å². The van der Waals surface area contributed by atoms with E-state index in [4.69, 9.17) is 9.47 Å². The van der Waals surface area contributed by atoms with Crippen molar-refractivity contribution >= 4 is 37.5 Å². The highest BCUT2D eigenvalue weighted by Gasteiger charge is 2.31. The summed E-state index contributed by atoms with van der Waals surface area (Å²) in [6.07, 6.45) is 0. The number of hydrogen-bond donors (Lipinski definition) is 1. The van der Waals surface area contributed by atoms with Gasteiger partial charge in [-0.15, -0.1) is 11.3 Å². The molecule has 1 aliphatic heterocycles. The molecular weight excluding hydrogens is 450 g/mol. The molecule has 1 aliphatic rings. The summed E-state index contributed by atoms with van der Waals surface area (Å²) >= 11 is 1.52. The van der Waals surface area contributed by atoms with E-state index in [-0.39, 0.29) is 16.7 Å². The number of aromatic nitrogens is 1. The number of carbonyl (C=O) groups excluding carboxylic acids is 1. The van der Waals surface area contributed by atoms with Crippen LogP contribution < -0.4 is 14.2 Å². The van der Waals surface area contributed by atoms with Crippen molar-refractivity contribution in [1.29, 1.82) is 0 Å². The minimum absolute atomic E-state index is 0.0222. The van der Waals surface area contributed by atoms with Crippen molar-refractivity contribution < 1.29 is 22.7 Å². The van der Waals surface area contributed by atoms with Crippen LogP contribution in [0.2, 0.25) is 0 Å². The molecule has 1 aromatic heterocycles. The molecule has 0 saturated carbocycles. The maximum Gasteiger partial charge on any atom is 0.241 e. The van der Waals surface area contributed by atoms with Gasteiger partial charge in [-0.1, -0.05) is 26.0 Å². The number of para-hydroxylation sites is 1. The Kier molecular flexibility index (Phi) is 6.36. The number of thiazole rings is 1. The molecule has 10 heteroatoms. The van der Waals surface area contributed by atoms with Gasteiger partial charge in [0.1, 0.15) is 24.3 Å². The summed E-state index contributed by atoms with van der Waals surface area (Å²) in [7, 11) is -2.30. The van der Waals surface area contributed by atoms with Crippen molar-refractivity contribution in [1.82, 2.24) is 14.6 Å². The van der Waals surface area contributed by atoms with Crippen LogP contribution in [-0.4, -0.2) is 50.5 Å². The highest BCUT2D eigenvalue weighted by molar-refractivity contribution is 7.89. The second kappa shape index (κ2) is 9.05. The quantitative estimate of drug-likeness (QED) is 0.564. The molecular formula is C22H25N3O5S2. The van der Waals surface area contributed by atoms with E-state index in [1.165, 1.54) is 28.4 Å². The van der Waals surface area contributed by atoms with Gasteiger partial charge < -0.3 is 14.4 Å². The molecule has 1 N–H and O–H groups in total. The van der Waals surface area contributed by atoms with Gasteiger partial charge in [-0.05, 0) is 30.2 Å². The molecule has 0 aliphatic carbocycles. The van der Waals surface area contributed by atoms with Gasteiger partial charge in [0.25, 0.3) is 0 Å². The number of carbonyl (C=O) groups is 1. The lowest BCUT2D eigenvalue weighted by atomic mass is 10.0. The third kappa shape index (κ3) is 4.72. The first-order valence-electron chi connectivity index (χ1n) is 10.3. The standard InChI is InChI=1S/C22H25N3O5S2/c1-14(2)21(22(26)25(3)13-20-23-16-6-4-5-7-19(16)31-20)24-32(27,28)15-8-9-17-18(12-15)30-11-10-29-17/h4-9,12,14,21,24H,10-11,13H2,1-3H3. The largest absolute Gasteiger partial charge is 0.486 e. The Morgan fingerprint density at radius 1 is 1.16 bits per heavy atom. The van der Waals surface area contributed by atoms with Crippen LogP contribution in [0.1, 0.15) is 18.9 Å². The molecule has 4 rings (SSSR count). The van der Waals surface area contributed by atoms with Crippen LogP contribution in [-0.2, 0) is 21.4 Å². The summed E-state index contributed by atoms with van der Waals surface area (Å²) in [5, 5.41) is 0.791. The summed E-state index contributed by atoms with van der Waals surface area (Å²) in [5.41, 5.74) is 0.882. The predicted molar refractivity (Wildman–Crippen MR) is 122 cm³/mol. The Hall–Kier alpha value is -2.69. The number of nitrogens with zero attached hydrogens (tertiary/aromatic N) is 2. The number of likely N-dealkylation sites (N-methyl/N-ethyl adjacent to an activating group) is 1. The van der Waals surface area contributed by atoms with Crippen molar-refractivity contribution in [2.75, 3.05) is 20.3 Å². The molecule has 1 atom stereocenters. The smallest absolute Gasteiger partial charge is 0.241 e. The van der Waals surface area contributed by atoms with Crippen LogP contribution in [0.4, 0.5) is 0 Å². The Balaban J connectivity index is 1.51. The summed E-state index contributed by atoms with van der Waals surface area (Å²) in [4.78, 5) is 19.3. The summed E-state index contributed by atoms with van der Waals surface area (Å²) in [6, 6.07) is 11.3. The fourth-order valence-corrected chi connectivity index (χ4v) is 5.78. The zero-order chi connectivity index (χ0) is 22.9. The molecule has 2 heterocycles. The molecule has 0 spiro atoms. The van der Waals surface area contributed by atoms with Crippen molar-refractivity contribution in [2.24, 2.45) is 5.92 Å². The first-order chi connectivity index (χ1) is 15.2. The van der Waals surface area contributed by atoms with E-state index in [9.17, 15) is 13.2 Å². The number of ether oxygens (including phenoxy) is 2. The molecule has 0 bridgehead atoms. The zero-order valence-electron chi connectivity index (χ0n) is 18.1. The predicted octanol–water partition coefficient (Wildman–Crippen LogP) is 3.03. The Labute approximate surface area is 191 Å². The van der Waals surface area contributed by atoms with Gasteiger partial charge >= 0.3 is 0 Å². The van der Waals surface area contributed by atoms with Gasteiger partial charge in [0.2, 0.25) is 15.9 Å². The van der Waals surface area contributed by atoms with Gasteiger partial charge in [-0.2, -0.15) is 4.72 Å². The second-order valence-electron chi connectivity index (χ2n) is 7.92. The molecule has 32 heavy (non-hydrogen) atoms. The van der Waals surface area contributed by atoms with E-state index in [0.717, 1.165) is 15.2 Å². The topological polar surface area (TPSA) is 97.8 Å². The van der Waals surface area contributed by atoms with Crippen LogP contribution >= 0.6 is 11.3 Å². The zero-order valence-corrected chi connectivity index (χ0v) is 19.7. The number of sulfonamides is 1. The lowest BCUT2D eigenvalue weighted by molar-refractivity contribution is -0.133. The number of benzene rings is 2. The number of amides is 1. The minimum Gasteiger partial charge on any atom is -0.486 e. The van der Waals surface area contributed by atoms with E-state index in [2.05, 4.69) is 9.71 Å². The summed E-state index contributed by atoms with van der Waals surface area (Å²) < 4.78 is 40.7. The maximum absolute atomic E-state index is 13.2. The first-order valence-corrected chi connectivity index (χ1v) is 12.6. The van der Waals surface area contributed by atoms with E-state index < -0.39 is 16.1 Å². The fraction of sp³-hybridized carbons (Fsp3) is 0.364. The molecule has 0 fully saturated rings.